The molecule has 2 aromatic carbocycles. The number of phenols is 3. The topological polar surface area (TPSA) is 86.5 Å². The molecule has 0 spiro atoms. The predicted molar refractivity (Wildman–Crippen MR) is 81.4 cm³/mol. The zero-order chi connectivity index (χ0) is 15.7. The fraction of sp³-hybridized carbons (Fsp3) is 0.294. The van der Waals surface area contributed by atoms with Gasteiger partial charge in [0.1, 0.15) is 6.04 Å². The van der Waals surface area contributed by atoms with E-state index in [0.717, 1.165) is 36.1 Å². The molecule has 0 aromatic heterocycles. The minimum Gasteiger partial charge on any atom is -0.504 e. The van der Waals surface area contributed by atoms with Gasteiger partial charge in [0.25, 0.3) is 0 Å². The van der Waals surface area contributed by atoms with Gasteiger partial charge in [-0.1, -0.05) is 6.07 Å². The number of nitrogens with two attached hydrogens (primary N) is 1. The maximum atomic E-state index is 9.89. The standard InChI is InChI=1S/C17H19NO4/c1-22-17-3-2-10(7-16(17)21)6-13-12-9-15(20)14(19)8-11(12)4-5-18-13/h2-3,7-9,13,18-21H,4-6H2,1H3/p+1/t13-/m1/s1. The Hall–Kier alpha value is -2.40. The molecule has 0 unspecified atom stereocenters. The van der Waals surface area contributed by atoms with Gasteiger partial charge in [0.15, 0.2) is 23.0 Å². The fourth-order valence-electron chi connectivity index (χ4n) is 3.07. The van der Waals surface area contributed by atoms with Gasteiger partial charge in [0, 0.05) is 18.4 Å². The molecule has 5 heteroatoms. The first-order valence-electron chi connectivity index (χ1n) is 7.32. The Morgan fingerprint density at radius 3 is 2.59 bits per heavy atom. The smallest absolute Gasteiger partial charge is 0.160 e. The summed E-state index contributed by atoms with van der Waals surface area (Å²) in [6, 6.07) is 8.85. The molecule has 1 heterocycles. The molecule has 116 valence electrons. The zero-order valence-electron chi connectivity index (χ0n) is 12.4. The van der Waals surface area contributed by atoms with E-state index in [-0.39, 0.29) is 23.3 Å². The second kappa shape index (κ2) is 5.77. The van der Waals surface area contributed by atoms with Crippen molar-refractivity contribution in [2.75, 3.05) is 13.7 Å². The van der Waals surface area contributed by atoms with Gasteiger partial charge in [-0.2, -0.15) is 0 Å². The third kappa shape index (κ3) is 2.67. The van der Waals surface area contributed by atoms with E-state index in [1.54, 1.807) is 24.3 Å². The van der Waals surface area contributed by atoms with Crippen LogP contribution in [-0.2, 0) is 12.8 Å². The maximum Gasteiger partial charge on any atom is 0.160 e. The normalized spacial score (nSPS) is 17.0. The molecule has 3 rings (SSSR count). The summed E-state index contributed by atoms with van der Waals surface area (Å²) in [4.78, 5) is 0. The van der Waals surface area contributed by atoms with Crippen LogP contribution >= 0.6 is 0 Å². The van der Waals surface area contributed by atoms with Gasteiger partial charge in [-0.25, -0.2) is 0 Å². The maximum absolute atomic E-state index is 9.89. The number of hydrogen-bond acceptors (Lipinski definition) is 4. The number of benzene rings is 2. The molecule has 1 aliphatic heterocycles. The van der Waals surface area contributed by atoms with Crippen molar-refractivity contribution in [3.63, 3.8) is 0 Å². The van der Waals surface area contributed by atoms with Crippen molar-refractivity contribution in [3.8, 4) is 23.0 Å². The van der Waals surface area contributed by atoms with Crippen molar-refractivity contribution in [2.24, 2.45) is 0 Å². The predicted octanol–water partition coefficient (Wildman–Crippen LogP) is 1.22. The van der Waals surface area contributed by atoms with Crippen molar-refractivity contribution in [1.29, 1.82) is 0 Å². The van der Waals surface area contributed by atoms with E-state index in [9.17, 15) is 15.3 Å². The lowest BCUT2D eigenvalue weighted by Gasteiger charge is -2.24. The Morgan fingerprint density at radius 1 is 1.09 bits per heavy atom. The summed E-state index contributed by atoms with van der Waals surface area (Å²) in [6.07, 6.45) is 1.60. The van der Waals surface area contributed by atoms with Gasteiger partial charge in [-0.05, 0) is 35.4 Å². The van der Waals surface area contributed by atoms with Crippen LogP contribution in [0, 0.1) is 0 Å². The average Bonchev–Trinajstić information content (AvgIpc) is 2.49. The van der Waals surface area contributed by atoms with Crippen LogP contribution in [0.2, 0.25) is 0 Å². The lowest BCUT2D eigenvalue weighted by molar-refractivity contribution is -0.698. The van der Waals surface area contributed by atoms with Crippen LogP contribution in [0.15, 0.2) is 30.3 Å². The molecule has 0 fully saturated rings. The van der Waals surface area contributed by atoms with Gasteiger partial charge in [-0.3, -0.25) is 0 Å². The number of phenolic OH excluding ortho intramolecular Hbond substituents is 3. The Balaban J connectivity index is 1.88. The summed E-state index contributed by atoms with van der Waals surface area (Å²) in [6.45, 7) is 0.935. The van der Waals surface area contributed by atoms with Gasteiger partial charge < -0.3 is 25.4 Å². The van der Waals surface area contributed by atoms with E-state index in [4.69, 9.17) is 4.74 Å². The van der Waals surface area contributed by atoms with E-state index < -0.39 is 0 Å². The van der Waals surface area contributed by atoms with E-state index in [1.165, 1.54) is 7.11 Å². The summed E-state index contributed by atoms with van der Waals surface area (Å²) in [5.41, 5.74) is 3.11. The highest BCUT2D eigenvalue weighted by molar-refractivity contribution is 5.48. The number of aromatic hydroxyl groups is 3. The second-order valence-electron chi connectivity index (χ2n) is 5.63. The lowest BCUT2D eigenvalue weighted by atomic mass is 9.90. The summed E-state index contributed by atoms with van der Waals surface area (Å²) in [5, 5.41) is 31.5. The van der Waals surface area contributed by atoms with E-state index in [2.05, 4.69) is 5.32 Å². The number of methoxy groups -OCH3 is 1. The third-order valence-electron chi connectivity index (χ3n) is 4.20. The highest BCUT2D eigenvalue weighted by Crippen LogP contribution is 2.34. The Labute approximate surface area is 128 Å². The quantitative estimate of drug-likeness (QED) is 0.642. The number of ether oxygens (including phenoxy) is 1. The van der Waals surface area contributed by atoms with Gasteiger partial charge >= 0.3 is 0 Å². The number of quaternary nitrogens is 1. The van der Waals surface area contributed by atoms with Crippen LogP contribution in [0.5, 0.6) is 23.0 Å². The molecular weight excluding hydrogens is 282 g/mol. The van der Waals surface area contributed by atoms with Crippen LogP contribution in [0.4, 0.5) is 0 Å². The number of hydrogen-bond donors (Lipinski definition) is 4. The summed E-state index contributed by atoms with van der Waals surface area (Å²) in [7, 11) is 1.52. The monoisotopic (exact) mass is 302 g/mol. The van der Waals surface area contributed by atoms with Gasteiger partial charge in [0.2, 0.25) is 0 Å². The average molecular weight is 302 g/mol. The third-order valence-corrected chi connectivity index (χ3v) is 4.20. The molecule has 0 radical (unpaired) electrons. The molecule has 1 aliphatic rings. The molecule has 0 saturated heterocycles. The highest BCUT2D eigenvalue weighted by Gasteiger charge is 2.25. The molecule has 22 heavy (non-hydrogen) atoms. The zero-order valence-corrected chi connectivity index (χ0v) is 12.4. The first-order valence-corrected chi connectivity index (χ1v) is 7.32. The molecule has 2 aromatic rings. The van der Waals surface area contributed by atoms with Crippen LogP contribution in [0.25, 0.3) is 0 Å². The van der Waals surface area contributed by atoms with Gasteiger partial charge in [0.05, 0.1) is 13.7 Å². The van der Waals surface area contributed by atoms with Crippen LogP contribution < -0.4 is 10.1 Å². The second-order valence-corrected chi connectivity index (χ2v) is 5.63. The Bertz CT molecular complexity index is 699. The number of rotatable bonds is 3. The molecule has 5 nitrogen and oxygen atoms in total. The van der Waals surface area contributed by atoms with Crippen molar-refractivity contribution in [3.05, 3.63) is 47.0 Å². The summed E-state index contributed by atoms with van der Waals surface area (Å²) < 4.78 is 5.06. The Morgan fingerprint density at radius 2 is 1.86 bits per heavy atom. The minimum absolute atomic E-state index is 0.0681. The van der Waals surface area contributed by atoms with Crippen molar-refractivity contribution < 1.29 is 25.4 Å². The number of fused-ring (bicyclic) bond motifs is 1. The van der Waals surface area contributed by atoms with Crippen LogP contribution in [0.1, 0.15) is 22.7 Å². The largest absolute Gasteiger partial charge is 0.504 e. The molecule has 1 atom stereocenters. The lowest BCUT2D eigenvalue weighted by Crippen LogP contribution is -2.87. The SMILES string of the molecule is COc1ccc(C[C@H]2[NH2+]CCc3cc(O)c(O)cc32)cc1O. The first-order chi connectivity index (χ1) is 10.6. The molecule has 0 amide bonds. The minimum atomic E-state index is -0.0865. The van der Waals surface area contributed by atoms with Crippen molar-refractivity contribution in [2.45, 2.75) is 18.9 Å². The van der Waals surface area contributed by atoms with Crippen molar-refractivity contribution >= 4 is 0 Å². The highest BCUT2D eigenvalue weighted by atomic mass is 16.5. The van der Waals surface area contributed by atoms with Gasteiger partial charge in [-0.15, -0.1) is 0 Å². The summed E-state index contributed by atoms with van der Waals surface area (Å²) in [5.74, 6) is 0.432. The molecule has 0 saturated carbocycles. The fourth-order valence-corrected chi connectivity index (χ4v) is 3.07. The van der Waals surface area contributed by atoms with Crippen LogP contribution in [-0.4, -0.2) is 29.0 Å². The van der Waals surface area contributed by atoms with E-state index in [1.807, 2.05) is 6.07 Å². The van der Waals surface area contributed by atoms with E-state index >= 15 is 0 Å². The summed E-state index contributed by atoms with van der Waals surface area (Å²) >= 11 is 0. The molecular formula is C17H20NO4+. The molecule has 0 bridgehead atoms. The first kappa shape index (κ1) is 14.5. The van der Waals surface area contributed by atoms with Crippen molar-refractivity contribution in [1.82, 2.24) is 0 Å². The van der Waals surface area contributed by atoms with E-state index in [0.29, 0.717) is 5.75 Å². The Kier molecular flexibility index (Phi) is 3.81. The van der Waals surface area contributed by atoms with Crippen LogP contribution in [0.3, 0.4) is 0 Å². The molecule has 0 aliphatic carbocycles. The molecule has 5 N–H and O–H groups in total.